The first-order chi connectivity index (χ1) is 8.49. The largest absolute Gasteiger partial charge is 0.465 e. The van der Waals surface area contributed by atoms with E-state index in [1.54, 1.807) is 0 Å². The van der Waals surface area contributed by atoms with Gasteiger partial charge in [-0.05, 0) is 65.1 Å². The van der Waals surface area contributed by atoms with Gasteiger partial charge in [0.2, 0.25) is 0 Å². The van der Waals surface area contributed by atoms with Crippen molar-refractivity contribution in [3.8, 4) is 0 Å². The van der Waals surface area contributed by atoms with Gasteiger partial charge >= 0.3 is 0 Å². The fraction of sp³-hybridized carbons (Fsp3) is 0.800. The van der Waals surface area contributed by atoms with Crippen molar-refractivity contribution in [1.82, 2.24) is 4.90 Å². The second-order valence-corrected chi connectivity index (χ2v) is 6.54. The molecule has 0 aromatic heterocycles. The number of hydrogen-bond acceptors (Lipinski definition) is 2. The summed E-state index contributed by atoms with van der Waals surface area (Å²) in [5.41, 5.74) is 1.38. The monoisotopic (exact) mass is 267 g/mol. The molecule has 2 nitrogen and oxygen atoms in total. The van der Waals surface area contributed by atoms with Crippen molar-refractivity contribution in [3.63, 3.8) is 0 Å². The second-order valence-electron chi connectivity index (χ2n) is 6.19. The Morgan fingerprint density at radius 1 is 1.39 bits per heavy atom. The third-order valence-corrected chi connectivity index (χ3v) is 4.68. The van der Waals surface area contributed by atoms with Crippen LogP contribution in [0, 0.1) is 5.92 Å². The first-order valence-electron chi connectivity index (χ1n) is 7.12. The number of allylic oxidation sites excluding steroid dienone is 2. The Morgan fingerprint density at radius 2 is 2.06 bits per heavy atom. The summed E-state index contributed by atoms with van der Waals surface area (Å²) >= 11 is 5.44. The van der Waals surface area contributed by atoms with Crippen molar-refractivity contribution >= 4 is 17.4 Å². The molecule has 1 heterocycles. The lowest BCUT2D eigenvalue weighted by molar-refractivity contribution is 0.0157. The smallest absolute Gasteiger partial charge is 0.259 e. The van der Waals surface area contributed by atoms with Gasteiger partial charge in [0.05, 0.1) is 0 Å². The molecule has 3 heteroatoms. The molecule has 102 valence electrons. The van der Waals surface area contributed by atoms with E-state index in [1.807, 2.05) is 0 Å². The first-order valence-corrected chi connectivity index (χ1v) is 7.53. The van der Waals surface area contributed by atoms with Crippen molar-refractivity contribution in [2.75, 3.05) is 13.1 Å². The quantitative estimate of drug-likeness (QED) is 0.556. The van der Waals surface area contributed by atoms with E-state index in [1.165, 1.54) is 31.3 Å². The van der Waals surface area contributed by atoms with Crippen LogP contribution < -0.4 is 0 Å². The summed E-state index contributed by atoms with van der Waals surface area (Å²) in [6, 6.07) is 0. The molecule has 0 bridgehead atoms. The maximum absolute atomic E-state index is 6.12. The average molecular weight is 267 g/mol. The topological polar surface area (TPSA) is 12.5 Å². The summed E-state index contributed by atoms with van der Waals surface area (Å²) in [6.07, 6.45) is 8.40. The van der Waals surface area contributed by atoms with Gasteiger partial charge in [0.25, 0.3) is 5.17 Å². The molecule has 0 radical (unpaired) electrons. The summed E-state index contributed by atoms with van der Waals surface area (Å²) in [5, 5.41) is 0.712. The summed E-state index contributed by atoms with van der Waals surface area (Å²) in [7, 11) is 0. The summed E-state index contributed by atoms with van der Waals surface area (Å²) in [6.45, 7) is 8.74. The Balaban J connectivity index is 1.92. The minimum Gasteiger partial charge on any atom is -0.465 e. The van der Waals surface area contributed by atoms with Gasteiger partial charge < -0.3 is 9.64 Å². The predicted molar refractivity (Wildman–Crippen MR) is 79.7 cm³/mol. The Kier molecular flexibility index (Phi) is 4.31. The number of nitrogens with zero attached hydrogens (tertiary/aromatic N) is 1. The highest BCUT2D eigenvalue weighted by Gasteiger charge is 2.34. The molecule has 2 aliphatic rings. The van der Waals surface area contributed by atoms with Gasteiger partial charge in [0, 0.05) is 19.0 Å². The standard InChI is InChI=1S/C15H25NOS/c1-12-6-8-13(9-7-12)15(2,3)17-14(18)16-10-4-5-11-16/h6,13H,4-5,7-11H2,1-3H3. The molecule has 0 N–H and O–H groups in total. The number of thiocarbonyl (C=S) groups is 1. The summed E-state index contributed by atoms with van der Waals surface area (Å²) in [4.78, 5) is 2.21. The molecule has 0 spiro atoms. The maximum atomic E-state index is 6.12. The second kappa shape index (κ2) is 5.60. The highest BCUT2D eigenvalue weighted by molar-refractivity contribution is 7.80. The Hall–Kier alpha value is -0.570. The average Bonchev–Trinajstić information content (AvgIpc) is 2.82. The predicted octanol–water partition coefficient (Wildman–Crippen LogP) is 3.91. The molecule has 0 aromatic carbocycles. The van der Waals surface area contributed by atoms with Crippen LogP contribution in [0.4, 0.5) is 0 Å². The molecule has 1 aliphatic heterocycles. The molecule has 1 saturated heterocycles. The van der Waals surface area contributed by atoms with Crippen LogP contribution in [0.1, 0.15) is 52.9 Å². The maximum Gasteiger partial charge on any atom is 0.259 e. The molecule has 0 saturated carbocycles. The molecule has 2 rings (SSSR count). The van der Waals surface area contributed by atoms with Gasteiger partial charge in [-0.25, -0.2) is 0 Å². The highest BCUT2D eigenvalue weighted by atomic mass is 32.1. The van der Waals surface area contributed by atoms with Crippen molar-refractivity contribution in [3.05, 3.63) is 11.6 Å². The number of ether oxygens (including phenoxy) is 1. The molecule has 0 aromatic rings. The van der Waals surface area contributed by atoms with E-state index >= 15 is 0 Å². The van der Waals surface area contributed by atoms with Crippen LogP contribution >= 0.6 is 12.2 Å². The van der Waals surface area contributed by atoms with Crippen LogP contribution in [0.2, 0.25) is 0 Å². The van der Waals surface area contributed by atoms with E-state index in [-0.39, 0.29) is 5.60 Å². The molecule has 0 amide bonds. The van der Waals surface area contributed by atoms with Crippen molar-refractivity contribution < 1.29 is 4.74 Å². The summed E-state index contributed by atoms with van der Waals surface area (Å²) < 4.78 is 6.12. The van der Waals surface area contributed by atoms with Crippen LogP contribution in [-0.2, 0) is 4.74 Å². The van der Waals surface area contributed by atoms with Crippen LogP contribution in [0.3, 0.4) is 0 Å². The number of likely N-dealkylation sites (tertiary alicyclic amines) is 1. The lowest BCUT2D eigenvalue weighted by Gasteiger charge is -2.38. The van der Waals surface area contributed by atoms with Gasteiger partial charge in [-0.15, -0.1) is 0 Å². The van der Waals surface area contributed by atoms with Gasteiger partial charge in [-0.1, -0.05) is 11.6 Å². The van der Waals surface area contributed by atoms with Crippen molar-refractivity contribution in [2.45, 2.75) is 58.5 Å². The molecule has 1 fully saturated rings. The minimum atomic E-state index is -0.142. The van der Waals surface area contributed by atoms with Crippen LogP contribution in [0.15, 0.2) is 11.6 Å². The third-order valence-electron chi connectivity index (χ3n) is 4.34. The molecular formula is C15H25NOS. The zero-order valence-electron chi connectivity index (χ0n) is 11.9. The van der Waals surface area contributed by atoms with E-state index in [2.05, 4.69) is 31.7 Å². The zero-order valence-corrected chi connectivity index (χ0v) is 12.7. The van der Waals surface area contributed by atoms with Crippen molar-refractivity contribution in [2.24, 2.45) is 5.92 Å². The third kappa shape index (κ3) is 3.25. The number of rotatable bonds is 2. The molecule has 18 heavy (non-hydrogen) atoms. The molecule has 1 aliphatic carbocycles. The fourth-order valence-electron chi connectivity index (χ4n) is 2.87. The van der Waals surface area contributed by atoms with Crippen LogP contribution in [-0.4, -0.2) is 28.8 Å². The molecule has 1 unspecified atom stereocenters. The normalized spacial score (nSPS) is 24.9. The van der Waals surface area contributed by atoms with Crippen molar-refractivity contribution in [1.29, 1.82) is 0 Å². The number of hydrogen-bond donors (Lipinski definition) is 0. The van der Waals surface area contributed by atoms with Gasteiger partial charge in [0.15, 0.2) is 0 Å². The Morgan fingerprint density at radius 3 is 2.61 bits per heavy atom. The lowest BCUT2D eigenvalue weighted by atomic mass is 9.79. The van der Waals surface area contributed by atoms with Gasteiger partial charge in [0.1, 0.15) is 5.60 Å². The summed E-state index contributed by atoms with van der Waals surface area (Å²) in [5.74, 6) is 0.585. The molecular weight excluding hydrogens is 242 g/mol. The lowest BCUT2D eigenvalue weighted by Crippen LogP contribution is -2.41. The first kappa shape index (κ1) is 13.9. The van der Waals surface area contributed by atoms with Crippen LogP contribution in [0.5, 0.6) is 0 Å². The molecule has 1 atom stereocenters. The van der Waals surface area contributed by atoms with E-state index in [9.17, 15) is 0 Å². The van der Waals surface area contributed by atoms with Crippen LogP contribution in [0.25, 0.3) is 0 Å². The van der Waals surface area contributed by atoms with E-state index < -0.39 is 0 Å². The zero-order chi connectivity index (χ0) is 13.2. The SMILES string of the molecule is CC1=CCC(C(C)(C)OC(=S)N2CCCC2)CC1. The van der Waals surface area contributed by atoms with E-state index in [0.29, 0.717) is 11.1 Å². The van der Waals surface area contributed by atoms with E-state index in [4.69, 9.17) is 17.0 Å². The Bertz CT molecular complexity index is 342. The highest BCUT2D eigenvalue weighted by Crippen LogP contribution is 2.34. The fourth-order valence-corrected chi connectivity index (χ4v) is 3.27. The van der Waals surface area contributed by atoms with Gasteiger partial charge in [-0.3, -0.25) is 0 Å². The van der Waals surface area contributed by atoms with E-state index in [0.717, 1.165) is 19.5 Å². The van der Waals surface area contributed by atoms with Gasteiger partial charge in [-0.2, -0.15) is 0 Å². The Labute approximate surface area is 116 Å². The minimum absolute atomic E-state index is 0.142.